The first kappa shape index (κ1) is 12.6. The van der Waals surface area contributed by atoms with Gasteiger partial charge in [0.25, 0.3) is 0 Å². The molecule has 0 saturated heterocycles. The fourth-order valence-electron chi connectivity index (χ4n) is 5.15. The maximum Gasteiger partial charge on any atom is 0.126 e. The summed E-state index contributed by atoms with van der Waals surface area (Å²) < 4.78 is 0. The highest BCUT2D eigenvalue weighted by Gasteiger charge is 2.50. The maximum absolute atomic E-state index is 5.62. The Morgan fingerprint density at radius 1 is 1.15 bits per heavy atom. The van der Waals surface area contributed by atoms with Crippen LogP contribution in [0.3, 0.4) is 0 Å². The quantitative estimate of drug-likeness (QED) is 0.839. The average molecular weight is 287 g/mol. The molecule has 0 atom stereocenters. The average Bonchev–Trinajstić information content (AvgIpc) is 2.37. The van der Waals surface area contributed by atoms with Crippen molar-refractivity contribution >= 4 is 23.0 Å². The lowest BCUT2D eigenvalue weighted by molar-refractivity contribution is 0.0105. The van der Waals surface area contributed by atoms with Gasteiger partial charge in [0.2, 0.25) is 0 Å². The van der Waals surface area contributed by atoms with Gasteiger partial charge in [-0.15, -0.1) is 0 Å². The van der Waals surface area contributed by atoms with Crippen LogP contribution in [-0.4, -0.2) is 15.5 Å². The van der Waals surface area contributed by atoms with Gasteiger partial charge < -0.3 is 11.1 Å². The first-order valence-corrected chi connectivity index (χ1v) is 8.07. The van der Waals surface area contributed by atoms with E-state index in [-0.39, 0.29) is 0 Å². The van der Waals surface area contributed by atoms with Gasteiger partial charge >= 0.3 is 0 Å². The molecule has 4 fully saturated rings. The number of aromatic nitrogens is 1. The van der Waals surface area contributed by atoms with E-state index in [4.69, 9.17) is 18.0 Å². The van der Waals surface area contributed by atoms with Gasteiger partial charge in [-0.1, -0.05) is 12.2 Å². The molecule has 4 bridgehead atoms. The summed E-state index contributed by atoms with van der Waals surface area (Å²) in [7, 11) is 0. The summed E-state index contributed by atoms with van der Waals surface area (Å²) in [5, 5.41) is 3.76. The minimum atomic E-state index is 0.312. The van der Waals surface area contributed by atoms with Crippen LogP contribution in [0.2, 0.25) is 0 Å². The van der Waals surface area contributed by atoms with E-state index < -0.39 is 0 Å². The predicted octanol–water partition coefficient (Wildman–Crippen LogP) is 3.10. The number of hydrogen-bond donors (Lipinski definition) is 2. The third kappa shape index (κ3) is 2.10. The van der Waals surface area contributed by atoms with E-state index in [0.717, 1.165) is 29.1 Å². The minimum absolute atomic E-state index is 0.312. The smallest absolute Gasteiger partial charge is 0.126 e. The van der Waals surface area contributed by atoms with Crippen LogP contribution in [0, 0.1) is 17.8 Å². The Kier molecular flexibility index (Phi) is 2.78. The van der Waals surface area contributed by atoms with Crippen molar-refractivity contribution in [1.29, 1.82) is 0 Å². The highest BCUT2D eigenvalue weighted by molar-refractivity contribution is 7.80. The summed E-state index contributed by atoms with van der Waals surface area (Å²) >= 11 is 4.97. The summed E-state index contributed by atoms with van der Waals surface area (Å²) in [6.07, 6.45) is 10.2. The summed E-state index contributed by atoms with van der Waals surface area (Å²) in [6, 6.07) is 3.99. The monoisotopic (exact) mass is 287 g/mol. The second-order valence-electron chi connectivity index (χ2n) is 7.12. The van der Waals surface area contributed by atoms with Crippen LogP contribution in [0.15, 0.2) is 18.3 Å². The lowest BCUT2D eigenvalue weighted by Crippen LogP contribution is -2.54. The largest absolute Gasteiger partial charge is 0.389 e. The summed E-state index contributed by atoms with van der Waals surface area (Å²) in [4.78, 5) is 4.91. The molecule has 1 heterocycles. The van der Waals surface area contributed by atoms with Gasteiger partial charge in [0, 0.05) is 17.3 Å². The lowest BCUT2D eigenvalue weighted by Gasteiger charge is -2.57. The van der Waals surface area contributed by atoms with Crippen LogP contribution < -0.4 is 11.1 Å². The standard InChI is InChI=1S/C16H21N3S/c17-15(20)13-1-2-14(18-9-13)19-16-6-10-3-11(7-16)5-12(4-10)8-16/h1-2,9-12H,3-8H2,(H2,17,20)(H,18,19). The number of rotatable bonds is 3. The van der Waals surface area contributed by atoms with E-state index in [1.54, 1.807) is 6.20 Å². The molecule has 4 aliphatic rings. The molecule has 4 heteroatoms. The fraction of sp³-hybridized carbons (Fsp3) is 0.625. The Bertz CT molecular complexity index is 502. The Labute approximate surface area is 125 Å². The molecule has 5 rings (SSSR count). The molecular weight excluding hydrogens is 266 g/mol. The van der Waals surface area contributed by atoms with E-state index >= 15 is 0 Å². The molecule has 0 aromatic carbocycles. The number of nitrogens with two attached hydrogens (primary N) is 1. The number of hydrogen-bond acceptors (Lipinski definition) is 3. The van der Waals surface area contributed by atoms with Gasteiger partial charge in [0.15, 0.2) is 0 Å². The molecule has 3 nitrogen and oxygen atoms in total. The molecule has 0 aliphatic heterocycles. The van der Waals surface area contributed by atoms with E-state index in [9.17, 15) is 0 Å². The molecule has 4 aliphatic carbocycles. The van der Waals surface area contributed by atoms with Crippen LogP contribution in [0.4, 0.5) is 5.82 Å². The molecule has 106 valence electrons. The number of pyridine rings is 1. The topological polar surface area (TPSA) is 50.9 Å². The van der Waals surface area contributed by atoms with Crippen LogP contribution >= 0.6 is 12.2 Å². The molecule has 3 N–H and O–H groups in total. The van der Waals surface area contributed by atoms with Gasteiger partial charge in [-0.25, -0.2) is 4.98 Å². The summed E-state index contributed by atoms with van der Waals surface area (Å²) in [5.74, 6) is 3.82. The van der Waals surface area contributed by atoms with Crippen molar-refractivity contribution < 1.29 is 0 Å². The van der Waals surface area contributed by atoms with Crippen molar-refractivity contribution in [3.05, 3.63) is 23.9 Å². The number of thiocarbonyl (C=S) groups is 1. The van der Waals surface area contributed by atoms with Crippen LogP contribution in [0.5, 0.6) is 0 Å². The van der Waals surface area contributed by atoms with Crippen molar-refractivity contribution in [2.45, 2.75) is 44.1 Å². The molecule has 0 amide bonds. The normalized spacial score (nSPS) is 37.9. The molecular formula is C16H21N3S. The zero-order valence-corrected chi connectivity index (χ0v) is 12.5. The second-order valence-corrected chi connectivity index (χ2v) is 7.56. The van der Waals surface area contributed by atoms with Crippen LogP contribution in [0.1, 0.15) is 44.1 Å². The Balaban J connectivity index is 1.55. The minimum Gasteiger partial charge on any atom is -0.389 e. The zero-order valence-electron chi connectivity index (χ0n) is 11.6. The van der Waals surface area contributed by atoms with E-state index in [1.807, 2.05) is 12.1 Å². The number of nitrogens with zero attached hydrogens (tertiary/aromatic N) is 1. The predicted molar refractivity (Wildman–Crippen MR) is 84.7 cm³/mol. The third-order valence-corrected chi connectivity index (χ3v) is 5.72. The van der Waals surface area contributed by atoms with Gasteiger partial charge in [-0.3, -0.25) is 0 Å². The van der Waals surface area contributed by atoms with Crippen LogP contribution in [0.25, 0.3) is 0 Å². The molecule has 20 heavy (non-hydrogen) atoms. The number of anilines is 1. The summed E-state index contributed by atoms with van der Waals surface area (Å²) in [5.41, 5.74) is 6.78. The summed E-state index contributed by atoms with van der Waals surface area (Å²) in [6.45, 7) is 0. The van der Waals surface area contributed by atoms with Gasteiger partial charge in [-0.2, -0.15) is 0 Å². The van der Waals surface area contributed by atoms with Crippen LogP contribution in [-0.2, 0) is 0 Å². The van der Waals surface area contributed by atoms with Gasteiger partial charge in [0.05, 0.1) is 0 Å². The molecule has 0 spiro atoms. The first-order chi connectivity index (χ1) is 9.62. The van der Waals surface area contributed by atoms with Crippen molar-refractivity contribution in [1.82, 2.24) is 4.98 Å². The van der Waals surface area contributed by atoms with E-state index in [1.165, 1.54) is 38.5 Å². The maximum atomic E-state index is 5.62. The fourth-order valence-corrected chi connectivity index (χ4v) is 5.27. The third-order valence-electron chi connectivity index (χ3n) is 5.48. The Morgan fingerprint density at radius 2 is 1.75 bits per heavy atom. The highest BCUT2D eigenvalue weighted by Crippen LogP contribution is 2.56. The van der Waals surface area contributed by atoms with E-state index in [2.05, 4.69) is 10.3 Å². The SMILES string of the molecule is NC(=S)c1ccc(NC23CC4CC(CC(C4)C2)C3)nc1. The van der Waals surface area contributed by atoms with Gasteiger partial charge in [-0.05, 0) is 68.4 Å². The van der Waals surface area contributed by atoms with Crippen molar-refractivity contribution in [3.63, 3.8) is 0 Å². The molecule has 4 saturated carbocycles. The molecule has 1 aromatic rings. The van der Waals surface area contributed by atoms with Gasteiger partial charge in [0.1, 0.15) is 10.8 Å². The van der Waals surface area contributed by atoms with E-state index in [0.29, 0.717) is 10.5 Å². The molecule has 1 aromatic heterocycles. The molecule has 0 radical (unpaired) electrons. The highest BCUT2D eigenvalue weighted by atomic mass is 32.1. The first-order valence-electron chi connectivity index (χ1n) is 7.66. The number of nitrogens with one attached hydrogen (secondary N) is 1. The molecule has 0 unspecified atom stereocenters. The Hall–Kier alpha value is -1.16. The second kappa shape index (κ2) is 4.42. The Morgan fingerprint density at radius 3 is 2.20 bits per heavy atom. The van der Waals surface area contributed by atoms with Crippen molar-refractivity contribution in [2.75, 3.05) is 5.32 Å². The lowest BCUT2D eigenvalue weighted by atomic mass is 9.53. The zero-order chi connectivity index (χ0) is 13.7. The van der Waals surface area contributed by atoms with Crippen molar-refractivity contribution in [2.24, 2.45) is 23.5 Å². The van der Waals surface area contributed by atoms with Crippen molar-refractivity contribution in [3.8, 4) is 0 Å².